The van der Waals surface area contributed by atoms with Crippen LogP contribution < -0.4 is 0 Å². The van der Waals surface area contributed by atoms with E-state index in [4.69, 9.17) is 11.5 Å². The van der Waals surface area contributed by atoms with Crippen molar-refractivity contribution < 1.29 is 9.90 Å². The Kier molecular flexibility index (Phi) is 19.3. The number of terminal acetylenes is 1. The lowest BCUT2D eigenvalue weighted by atomic mass is 10.0. The van der Waals surface area contributed by atoms with Crippen LogP contribution in [0.4, 0.5) is 0 Å². The Balaban J connectivity index is 2.98. The van der Waals surface area contributed by atoms with Gasteiger partial charge in [0.2, 0.25) is 0 Å². The molecule has 2 nitrogen and oxygen atoms in total. The lowest BCUT2D eigenvalue weighted by Crippen LogP contribution is -1.93. The molecule has 0 fully saturated rings. The van der Waals surface area contributed by atoms with E-state index in [0.29, 0.717) is 6.42 Å². The molecule has 0 aliphatic rings. The number of hydrogen-bond acceptors (Lipinski definition) is 1. The molecular formula is C22H40O2. The van der Waals surface area contributed by atoms with Crippen molar-refractivity contribution in [1.82, 2.24) is 0 Å². The average molecular weight is 337 g/mol. The fourth-order valence-corrected chi connectivity index (χ4v) is 3.15. The highest BCUT2D eigenvalue weighted by Gasteiger charge is 1.97. The zero-order chi connectivity index (χ0) is 17.7. The Morgan fingerprint density at radius 3 is 1.17 bits per heavy atom. The first-order valence-electron chi connectivity index (χ1n) is 10.4. The predicted octanol–water partition coefficient (Wildman–Crippen LogP) is 7.12. The molecule has 0 amide bonds. The summed E-state index contributed by atoms with van der Waals surface area (Å²) in [6, 6.07) is 0. The van der Waals surface area contributed by atoms with E-state index in [2.05, 4.69) is 5.92 Å². The standard InChI is InChI=1S/C22H40O2/c1-2-3-4-5-6-7-8-9-10-11-12-13-14-15-16-17-18-19-20-21-22(23)24/h1H,3-21H2,(H,23,24). The summed E-state index contributed by atoms with van der Waals surface area (Å²) >= 11 is 0. The highest BCUT2D eigenvalue weighted by atomic mass is 16.4. The van der Waals surface area contributed by atoms with Gasteiger partial charge in [0.15, 0.2) is 0 Å². The third-order valence-electron chi connectivity index (χ3n) is 4.71. The Bertz CT molecular complexity index is 304. The maximum absolute atomic E-state index is 10.4. The van der Waals surface area contributed by atoms with Crippen LogP contribution in [0.2, 0.25) is 0 Å². The van der Waals surface area contributed by atoms with Crippen LogP contribution >= 0.6 is 0 Å². The second-order valence-electron chi connectivity index (χ2n) is 7.11. The summed E-state index contributed by atoms with van der Waals surface area (Å²) in [4.78, 5) is 10.4. The highest BCUT2D eigenvalue weighted by Crippen LogP contribution is 2.14. The van der Waals surface area contributed by atoms with Crippen molar-refractivity contribution in [3.05, 3.63) is 0 Å². The second-order valence-corrected chi connectivity index (χ2v) is 7.11. The van der Waals surface area contributed by atoms with Gasteiger partial charge in [0, 0.05) is 12.8 Å². The molecule has 0 aromatic carbocycles. The molecule has 2 heteroatoms. The van der Waals surface area contributed by atoms with E-state index in [-0.39, 0.29) is 0 Å². The molecule has 0 aliphatic heterocycles. The van der Waals surface area contributed by atoms with Crippen LogP contribution in [0.15, 0.2) is 0 Å². The molecule has 0 aliphatic carbocycles. The summed E-state index contributed by atoms with van der Waals surface area (Å²) in [6.07, 6.45) is 28.7. The van der Waals surface area contributed by atoms with Gasteiger partial charge < -0.3 is 5.11 Å². The van der Waals surface area contributed by atoms with E-state index in [9.17, 15) is 4.79 Å². The zero-order valence-corrected chi connectivity index (χ0v) is 15.9. The number of rotatable bonds is 19. The smallest absolute Gasteiger partial charge is 0.303 e. The van der Waals surface area contributed by atoms with E-state index in [1.54, 1.807) is 0 Å². The molecule has 0 unspecified atom stereocenters. The molecule has 0 saturated carbocycles. The van der Waals surface area contributed by atoms with Gasteiger partial charge in [-0.3, -0.25) is 4.79 Å². The minimum absolute atomic E-state index is 0.339. The first-order chi connectivity index (χ1) is 11.8. The minimum atomic E-state index is -0.657. The lowest BCUT2D eigenvalue weighted by molar-refractivity contribution is -0.137. The van der Waals surface area contributed by atoms with Crippen molar-refractivity contribution in [3.8, 4) is 12.3 Å². The third kappa shape index (κ3) is 21.0. The Hall–Kier alpha value is -0.970. The fourth-order valence-electron chi connectivity index (χ4n) is 3.15. The number of carboxylic acid groups (broad SMARTS) is 1. The lowest BCUT2D eigenvalue weighted by Gasteiger charge is -2.03. The van der Waals surface area contributed by atoms with Crippen LogP contribution in [-0.2, 0) is 4.79 Å². The van der Waals surface area contributed by atoms with Crippen LogP contribution in [-0.4, -0.2) is 11.1 Å². The monoisotopic (exact) mass is 336 g/mol. The molecule has 0 rings (SSSR count). The molecule has 0 aromatic rings. The summed E-state index contributed by atoms with van der Waals surface area (Å²) in [5.74, 6) is 2.05. The predicted molar refractivity (Wildman–Crippen MR) is 104 cm³/mol. The van der Waals surface area contributed by atoms with Crippen molar-refractivity contribution >= 4 is 5.97 Å². The minimum Gasteiger partial charge on any atom is -0.481 e. The van der Waals surface area contributed by atoms with Gasteiger partial charge in [0.05, 0.1) is 0 Å². The van der Waals surface area contributed by atoms with Crippen LogP contribution in [0.3, 0.4) is 0 Å². The molecule has 0 spiro atoms. The number of aliphatic carboxylic acids is 1. The molecule has 0 radical (unpaired) electrons. The van der Waals surface area contributed by atoms with Crippen molar-refractivity contribution in [2.24, 2.45) is 0 Å². The molecule has 0 saturated heterocycles. The topological polar surface area (TPSA) is 37.3 Å². The average Bonchev–Trinajstić information content (AvgIpc) is 2.56. The zero-order valence-electron chi connectivity index (χ0n) is 15.9. The number of carboxylic acids is 1. The van der Waals surface area contributed by atoms with Crippen LogP contribution in [0.25, 0.3) is 0 Å². The first-order valence-corrected chi connectivity index (χ1v) is 10.4. The summed E-state index contributed by atoms with van der Waals surface area (Å²) in [7, 11) is 0. The summed E-state index contributed by atoms with van der Waals surface area (Å²) in [6.45, 7) is 0. The van der Waals surface area contributed by atoms with Gasteiger partial charge in [0.25, 0.3) is 0 Å². The first kappa shape index (κ1) is 23.0. The number of carbonyl (C=O) groups is 1. The third-order valence-corrected chi connectivity index (χ3v) is 4.71. The highest BCUT2D eigenvalue weighted by molar-refractivity contribution is 5.66. The van der Waals surface area contributed by atoms with Gasteiger partial charge in [-0.1, -0.05) is 96.3 Å². The second kappa shape index (κ2) is 20.1. The van der Waals surface area contributed by atoms with E-state index in [1.807, 2.05) is 0 Å². The van der Waals surface area contributed by atoms with E-state index in [1.165, 1.54) is 96.3 Å². The van der Waals surface area contributed by atoms with Crippen molar-refractivity contribution in [3.63, 3.8) is 0 Å². The van der Waals surface area contributed by atoms with Gasteiger partial charge in [0.1, 0.15) is 0 Å². The van der Waals surface area contributed by atoms with Crippen molar-refractivity contribution in [1.29, 1.82) is 0 Å². The molecular weight excluding hydrogens is 296 g/mol. The maximum atomic E-state index is 10.4. The van der Waals surface area contributed by atoms with Gasteiger partial charge in [-0.25, -0.2) is 0 Å². The Morgan fingerprint density at radius 1 is 0.583 bits per heavy atom. The largest absolute Gasteiger partial charge is 0.481 e. The molecule has 1 N–H and O–H groups in total. The van der Waals surface area contributed by atoms with Gasteiger partial charge in [-0.15, -0.1) is 12.3 Å². The molecule has 0 heterocycles. The Labute approximate surface area is 150 Å². The molecule has 0 aromatic heterocycles. The fraction of sp³-hybridized carbons (Fsp3) is 0.864. The van der Waals surface area contributed by atoms with E-state index in [0.717, 1.165) is 19.3 Å². The van der Waals surface area contributed by atoms with Crippen LogP contribution in [0.5, 0.6) is 0 Å². The van der Waals surface area contributed by atoms with Crippen LogP contribution in [0, 0.1) is 12.3 Å². The Morgan fingerprint density at radius 2 is 0.875 bits per heavy atom. The van der Waals surface area contributed by atoms with E-state index >= 15 is 0 Å². The quantitative estimate of drug-likeness (QED) is 0.201. The van der Waals surface area contributed by atoms with E-state index < -0.39 is 5.97 Å². The van der Waals surface area contributed by atoms with Gasteiger partial charge in [-0.05, 0) is 12.8 Å². The van der Waals surface area contributed by atoms with Crippen molar-refractivity contribution in [2.45, 2.75) is 122 Å². The molecule has 24 heavy (non-hydrogen) atoms. The number of unbranched alkanes of at least 4 members (excludes halogenated alkanes) is 17. The van der Waals surface area contributed by atoms with Gasteiger partial charge in [-0.2, -0.15) is 0 Å². The van der Waals surface area contributed by atoms with Gasteiger partial charge >= 0.3 is 5.97 Å². The maximum Gasteiger partial charge on any atom is 0.303 e. The van der Waals surface area contributed by atoms with Crippen molar-refractivity contribution in [2.75, 3.05) is 0 Å². The van der Waals surface area contributed by atoms with Crippen LogP contribution in [0.1, 0.15) is 122 Å². The number of hydrogen-bond donors (Lipinski definition) is 1. The molecule has 140 valence electrons. The molecule has 0 atom stereocenters. The SMILES string of the molecule is C#CCCCCCCCCCCCCCCCCCCCC(=O)O. The normalized spacial score (nSPS) is 10.6. The summed E-state index contributed by atoms with van der Waals surface area (Å²) in [5.41, 5.74) is 0. The summed E-state index contributed by atoms with van der Waals surface area (Å²) in [5, 5.41) is 8.55. The molecule has 0 bridgehead atoms. The summed E-state index contributed by atoms with van der Waals surface area (Å²) < 4.78 is 0.